The Balaban J connectivity index is 2.78. The average Bonchev–Trinajstić information content (AvgIpc) is 2.26. The second-order valence-corrected chi connectivity index (χ2v) is 5.65. The van der Waals surface area contributed by atoms with Crippen molar-refractivity contribution in [2.75, 3.05) is 13.1 Å². The Kier molecular flexibility index (Phi) is 5.77. The molecule has 1 aromatic rings. The van der Waals surface area contributed by atoms with E-state index in [-0.39, 0.29) is 6.54 Å². The zero-order chi connectivity index (χ0) is 14.5. The molecule has 8 heteroatoms. The highest BCUT2D eigenvalue weighted by Crippen LogP contribution is 2.19. The minimum atomic E-state index is -4.32. The molecule has 0 heterocycles. The van der Waals surface area contributed by atoms with Crippen LogP contribution >= 0.6 is 0 Å². The maximum Gasteiger partial charge on any atom is 0.246 e. The Bertz CT molecular complexity index is 512. The molecule has 3 N–H and O–H groups in total. The van der Waals surface area contributed by atoms with Gasteiger partial charge in [-0.25, -0.2) is 26.3 Å². The molecule has 1 aromatic carbocycles. The summed E-state index contributed by atoms with van der Waals surface area (Å²) in [7, 11) is -4.32. The lowest BCUT2D eigenvalue weighted by molar-refractivity contribution is 0.493. The summed E-state index contributed by atoms with van der Waals surface area (Å²) in [5.41, 5.74) is 5.27. The van der Waals surface area contributed by atoms with E-state index in [0.29, 0.717) is 31.5 Å². The minimum absolute atomic E-state index is 0.0403. The highest BCUT2D eigenvalue weighted by atomic mass is 32.2. The van der Waals surface area contributed by atoms with E-state index in [1.807, 2.05) is 0 Å². The Morgan fingerprint density at radius 2 is 1.63 bits per heavy atom. The summed E-state index contributed by atoms with van der Waals surface area (Å²) in [6, 6.07) is 0.651. The van der Waals surface area contributed by atoms with Crippen LogP contribution in [-0.4, -0.2) is 21.5 Å². The molecule has 0 aliphatic rings. The molecule has 0 atom stereocenters. The van der Waals surface area contributed by atoms with Crippen LogP contribution in [0.2, 0.25) is 0 Å². The second-order valence-electron chi connectivity index (χ2n) is 3.95. The van der Waals surface area contributed by atoms with E-state index in [1.54, 1.807) is 0 Å². The summed E-state index contributed by atoms with van der Waals surface area (Å²) in [5, 5.41) is 0. The Labute approximate surface area is 109 Å². The molecule has 0 aliphatic heterocycles. The van der Waals surface area contributed by atoms with Crippen molar-refractivity contribution in [3.63, 3.8) is 0 Å². The van der Waals surface area contributed by atoms with E-state index in [2.05, 4.69) is 4.72 Å². The van der Waals surface area contributed by atoms with Gasteiger partial charge in [-0.3, -0.25) is 0 Å². The summed E-state index contributed by atoms with van der Waals surface area (Å²) in [4.78, 5) is -1.16. The molecule has 0 spiro atoms. The van der Waals surface area contributed by atoms with Crippen LogP contribution in [0.5, 0.6) is 0 Å². The highest BCUT2D eigenvalue weighted by Gasteiger charge is 2.24. The first-order valence-electron chi connectivity index (χ1n) is 5.73. The van der Waals surface area contributed by atoms with Crippen molar-refractivity contribution in [2.45, 2.75) is 24.2 Å². The third-order valence-corrected chi connectivity index (χ3v) is 3.92. The molecule has 1 rings (SSSR count). The van der Waals surface area contributed by atoms with Gasteiger partial charge in [-0.05, 0) is 19.4 Å². The lowest BCUT2D eigenvalue weighted by Gasteiger charge is -2.08. The number of hydrogen-bond donors (Lipinski definition) is 2. The lowest BCUT2D eigenvalue weighted by atomic mass is 10.2. The number of halogens is 3. The number of benzene rings is 1. The fourth-order valence-corrected chi connectivity index (χ4v) is 2.70. The Hall–Kier alpha value is -1.12. The van der Waals surface area contributed by atoms with Crippen molar-refractivity contribution in [3.8, 4) is 0 Å². The molecule has 0 aromatic heterocycles. The summed E-state index contributed by atoms with van der Waals surface area (Å²) in [5.74, 6) is -4.07. The van der Waals surface area contributed by atoms with Gasteiger partial charge < -0.3 is 5.73 Å². The first kappa shape index (κ1) is 15.9. The van der Waals surface area contributed by atoms with Crippen LogP contribution in [0.25, 0.3) is 0 Å². The van der Waals surface area contributed by atoms with Gasteiger partial charge in [0.2, 0.25) is 10.0 Å². The largest absolute Gasteiger partial charge is 0.330 e. The minimum Gasteiger partial charge on any atom is -0.330 e. The van der Waals surface area contributed by atoms with Crippen molar-refractivity contribution in [1.82, 2.24) is 4.72 Å². The number of nitrogens with two attached hydrogens (primary N) is 1. The van der Waals surface area contributed by atoms with Crippen LogP contribution < -0.4 is 10.5 Å². The average molecular weight is 296 g/mol. The molecule has 0 amide bonds. The monoisotopic (exact) mass is 296 g/mol. The SMILES string of the molecule is NCCCCCNS(=O)(=O)c1c(F)cc(F)cc1F. The number of unbranched alkanes of at least 4 members (excludes halogenated alkanes) is 2. The first-order valence-corrected chi connectivity index (χ1v) is 7.21. The summed E-state index contributed by atoms with van der Waals surface area (Å²) < 4.78 is 64.7. The zero-order valence-electron chi connectivity index (χ0n) is 10.1. The van der Waals surface area contributed by atoms with Gasteiger partial charge in [-0.2, -0.15) is 0 Å². The van der Waals surface area contributed by atoms with Crippen molar-refractivity contribution in [2.24, 2.45) is 5.73 Å². The van der Waals surface area contributed by atoms with E-state index in [4.69, 9.17) is 5.73 Å². The predicted molar refractivity (Wildman–Crippen MR) is 64.4 cm³/mol. The van der Waals surface area contributed by atoms with Gasteiger partial charge in [-0.15, -0.1) is 0 Å². The van der Waals surface area contributed by atoms with Crippen molar-refractivity contribution >= 4 is 10.0 Å². The Morgan fingerprint density at radius 1 is 1.05 bits per heavy atom. The van der Waals surface area contributed by atoms with Gasteiger partial charge >= 0.3 is 0 Å². The van der Waals surface area contributed by atoms with Crippen LogP contribution in [0.15, 0.2) is 17.0 Å². The molecule has 0 saturated carbocycles. The third kappa shape index (κ3) is 4.48. The molecular weight excluding hydrogens is 281 g/mol. The van der Waals surface area contributed by atoms with Gasteiger partial charge in [0.25, 0.3) is 0 Å². The molecule has 108 valence electrons. The van der Waals surface area contributed by atoms with Crippen LogP contribution in [-0.2, 0) is 10.0 Å². The standard InChI is InChI=1S/C11H15F3N2O2S/c12-8-6-9(13)11(10(14)7-8)19(17,18)16-5-3-1-2-4-15/h6-7,16H,1-5,15H2. The zero-order valence-corrected chi connectivity index (χ0v) is 10.9. The van der Waals surface area contributed by atoms with Gasteiger partial charge in [-0.1, -0.05) is 6.42 Å². The molecule has 4 nitrogen and oxygen atoms in total. The fraction of sp³-hybridized carbons (Fsp3) is 0.455. The summed E-state index contributed by atoms with van der Waals surface area (Å²) in [6.07, 6.45) is 1.94. The predicted octanol–water partition coefficient (Wildman–Crippen LogP) is 1.51. The Morgan fingerprint density at radius 3 is 2.16 bits per heavy atom. The summed E-state index contributed by atoms with van der Waals surface area (Å²) >= 11 is 0. The van der Waals surface area contributed by atoms with Crippen LogP contribution in [0.4, 0.5) is 13.2 Å². The maximum absolute atomic E-state index is 13.3. The van der Waals surface area contributed by atoms with Gasteiger partial charge in [0.1, 0.15) is 17.5 Å². The normalized spacial score (nSPS) is 11.8. The number of hydrogen-bond acceptors (Lipinski definition) is 3. The van der Waals surface area contributed by atoms with Crippen molar-refractivity contribution < 1.29 is 21.6 Å². The number of sulfonamides is 1. The number of nitrogens with one attached hydrogen (secondary N) is 1. The van der Waals surface area contributed by atoms with E-state index < -0.39 is 32.4 Å². The lowest BCUT2D eigenvalue weighted by Crippen LogP contribution is -2.27. The van der Waals surface area contributed by atoms with Crippen LogP contribution in [0, 0.1) is 17.5 Å². The van der Waals surface area contributed by atoms with E-state index in [9.17, 15) is 21.6 Å². The van der Waals surface area contributed by atoms with Gasteiger partial charge in [0, 0.05) is 18.7 Å². The molecule has 19 heavy (non-hydrogen) atoms. The van der Waals surface area contributed by atoms with E-state index in [0.717, 1.165) is 6.42 Å². The second kappa shape index (κ2) is 6.88. The summed E-state index contributed by atoms with van der Waals surface area (Å²) in [6.45, 7) is 0.534. The van der Waals surface area contributed by atoms with E-state index in [1.165, 1.54) is 0 Å². The highest BCUT2D eigenvalue weighted by molar-refractivity contribution is 7.89. The first-order chi connectivity index (χ1) is 8.88. The third-order valence-electron chi connectivity index (χ3n) is 2.40. The van der Waals surface area contributed by atoms with E-state index >= 15 is 0 Å². The van der Waals surface area contributed by atoms with Gasteiger partial charge in [0.05, 0.1) is 0 Å². The molecule has 0 radical (unpaired) electrons. The molecule has 0 saturated heterocycles. The fourth-order valence-electron chi connectivity index (χ4n) is 1.51. The molecule has 0 fully saturated rings. The maximum atomic E-state index is 13.3. The van der Waals surface area contributed by atoms with Crippen LogP contribution in [0.1, 0.15) is 19.3 Å². The smallest absolute Gasteiger partial charge is 0.246 e. The van der Waals surface area contributed by atoms with Crippen LogP contribution in [0.3, 0.4) is 0 Å². The number of rotatable bonds is 7. The topological polar surface area (TPSA) is 72.2 Å². The van der Waals surface area contributed by atoms with Crippen molar-refractivity contribution in [3.05, 3.63) is 29.6 Å². The molecule has 0 unspecified atom stereocenters. The van der Waals surface area contributed by atoms with Crippen molar-refractivity contribution in [1.29, 1.82) is 0 Å². The molecule has 0 bridgehead atoms. The quantitative estimate of drug-likeness (QED) is 0.749. The molecular formula is C11H15F3N2O2S. The molecule has 0 aliphatic carbocycles. The van der Waals surface area contributed by atoms with Gasteiger partial charge in [0.15, 0.2) is 4.90 Å².